The molecule has 0 aromatic carbocycles. The number of nitrogens with zero attached hydrogens (tertiary/aromatic N) is 1. The number of Topliss-reactive ketones (excluding diaryl/α,β-unsaturated/α-hetero) is 1. The van der Waals surface area contributed by atoms with E-state index in [9.17, 15) is 14.4 Å². The van der Waals surface area contributed by atoms with Crippen LogP contribution in [0, 0.1) is 0 Å². The molecule has 0 N–H and O–H groups in total. The highest BCUT2D eigenvalue weighted by atomic mass is 16.6. The molecule has 0 aromatic heterocycles. The first-order valence-corrected chi connectivity index (χ1v) is 6.53. The molecule has 114 valence electrons. The molecule has 0 aromatic rings. The summed E-state index contributed by atoms with van der Waals surface area (Å²) in [4.78, 5) is 36.6. The molecule has 0 radical (unpaired) electrons. The fourth-order valence-electron chi connectivity index (χ4n) is 1.62. The number of esters is 1. The molecule has 1 heterocycles. The Balaban J connectivity index is 2.67. The highest BCUT2D eigenvalue weighted by Crippen LogP contribution is 2.12. The molecule has 1 aliphatic heterocycles. The van der Waals surface area contributed by atoms with Crippen molar-refractivity contribution >= 4 is 17.8 Å². The van der Waals surface area contributed by atoms with E-state index in [1.165, 1.54) is 4.90 Å². The Labute approximate surface area is 118 Å². The van der Waals surface area contributed by atoms with Gasteiger partial charge in [-0.3, -0.25) is 9.69 Å². The van der Waals surface area contributed by atoms with Crippen molar-refractivity contribution in [2.75, 3.05) is 26.3 Å². The summed E-state index contributed by atoms with van der Waals surface area (Å²) in [6.45, 7) is 7.07. The third kappa shape index (κ3) is 4.80. The molecule has 20 heavy (non-hydrogen) atoms. The number of rotatable bonds is 2. The maximum Gasteiger partial charge on any atom is 0.410 e. The van der Waals surface area contributed by atoms with Gasteiger partial charge in [0.05, 0.1) is 19.8 Å². The van der Waals surface area contributed by atoms with Crippen molar-refractivity contribution in [2.24, 2.45) is 0 Å². The lowest BCUT2D eigenvalue weighted by Gasteiger charge is -2.25. The van der Waals surface area contributed by atoms with Crippen LogP contribution in [0.1, 0.15) is 27.7 Å². The van der Waals surface area contributed by atoms with Crippen LogP contribution >= 0.6 is 0 Å². The van der Waals surface area contributed by atoms with Crippen LogP contribution in [-0.2, 0) is 23.8 Å². The maximum atomic E-state index is 11.9. The summed E-state index contributed by atoms with van der Waals surface area (Å²) >= 11 is 0. The summed E-state index contributed by atoms with van der Waals surface area (Å²) in [6, 6.07) is 0. The van der Waals surface area contributed by atoms with Gasteiger partial charge in [0, 0.05) is 6.54 Å². The van der Waals surface area contributed by atoms with Crippen molar-refractivity contribution < 1.29 is 28.6 Å². The third-order valence-corrected chi connectivity index (χ3v) is 2.44. The van der Waals surface area contributed by atoms with Gasteiger partial charge in [0.25, 0.3) is 0 Å². The molecule has 1 fully saturated rings. The van der Waals surface area contributed by atoms with Gasteiger partial charge in [0.15, 0.2) is 5.78 Å². The first-order chi connectivity index (χ1) is 9.24. The zero-order valence-corrected chi connectivity index (χ0v) is 12.3. The summed E-state index contributed by atoms with van der Waals surface area (Å²) in [6.07, 6.45) is -1.86. The average molecular weight is 287 g/mol. The van der Waals surface area contributed by atoms with Crippen LogP contribution in [0.4, 0.5) is 4.79 Å². The van der Waals surface area contributed by atoms with Crippen LogP contribution in [0.5, 0.6) is 0 Å². The molecular formula is C13H21NO6. The summed E-state index contributed by atoms with van der Waals surface area (Å²) < 4.78 is 15.1. The van der Waals surface area contributed by atoms with Gasteiger partial charge < -0.3 is 14.2 Å². The molecule has 0 bridgehead atoms. The van der Waals surface area contributed by atoms with Gasteiger partial charge in [-0.25, -0.2) is 9.59 Å². The summed E-state index contributed by atoms with van der Waals surface area (Å²) in [5.74, 6) is -1.23. The lowest BCUT2D eigenvalue weighted by atomic mass is 10.2. The number of hydrogen-bond acceptors (Lipinski definition) is 6. The van der Waals surface area contributed by atoms with Crippen molar-refractivity contribution in [3.8, 4) is 0 Å². The van der Waals surface area contributed by atoms with Gasteiger partial charge in [0.1, 0.15) is 5.60 Å². The van der Waals surface area contributed by atoms with Gasteiger partial charge in [-0.2, -0.15) is 0 Å². The SMILES string of the molecule is CCOC(=O)C1OCCN(C(=O)OC(C)(C)C)CC1=O. The van der Waals surface area contributed by atoms with Crippen LogP contribution < -0.4 is 0 Å². The van der Waals surface area contributed by atoms with E-state index in [1.54, 1.807) is 27.7 Å². The lowest BCUT2D eigenvalue weighted by Crippen LogP contribution is -2.42. The predicted molar refractivity (Wildman–Crippen MR) is 69.2 cm³/mol. The minimum Gasteiger partial charge on any atom is -0.464 e. The van der Waals surface area contributed by atoms with Crippen molar-refractivity contribution in [1.82, 2.24) is 4.90 Å². The second-order valence-electron chi connectivity index (χ2n) is 5.37. The topological polar surface area (TPSA) is 82.1 Å². The van der Waals surface area contributed by atoms with Crippen molar-refractivity contribution in [1.29, 1.82) is 0 Å². The number of ketones is 1. The Kier molecular flexibility index (Phi) is 5.50. The molecule has 7 heteroatoms. The number of carbonyl (C=O) groups excluding carboxylic acids is 3. The van der Waals surface area contributed by atoms with Crippen molar-refractivity contribution in [3.63, 3.8) is 0 Å². The van der Waals surface area contributed by atoms with Crippen LogP contribution in [0.3, 0.4) is 0 Å². The highest BCUT2D eigenvalue weighted by molar-refractivity contribution is 6.03. The second-order valence-corrected chi connectivity index (χ2v) is 5.37. The molecule has 1 saturated heterocycles. The first kappa shape index (κ1) is 16.4. The van der Waals surface area contributed by atoms with E-state index in [4.69, 9.17) is 14.2 Å². The Morgan fingerprint density at radius 3 is 2.60 bits per heavy atom. The monoisotopic (exact) mass is 287 g/mol. The summed E-state index contributed by atoms with van der Waals surface area (Å²) in [5.41, 5.74) is -0.645. The average Bonchev–Trinajstić information content (AvgIpc) is 2.49. The Morgan fingerprint density at radius 1 is 1.40 bits per heavy atom. The standard InChI is InChI=1S/C13H21NO6/c1-5-18-11(16)10-9(15)8-14(6-7-19-10)12(17)20-13(2,3)4/h10H,5-8H2,1-4H3. The fraction of sp³-hybridized carbons (Fsp3) is 0.769. The Hall–Kier alpha value is -1.63. The summed E-state index contributed by atoms with van der Waals surface area (Å²) in [7, 11) is 0. The molecule has 1 atom stereocenters. The summed E-state index contributed by atoms with van der Waals surface area (Å²) in [5, 5.41) is 0. The van der Waals surface area contributed by atoms with E-state index < -0.39 is 29.6 Å². The zero-order chi connectivity index (χ0) is 15.3. The fourth-order valence-corrected chi connectivity index (χ4v) is 1.62. The Morgan fingerprint density at radius 2 is 2.05 bits per heavy atom. The number of ether oxygens (including phenoxy) is 3. The number of amides is 1. The van der Waals surface area contributed by atoms with E-state index in [1.807, 2.05) is 0 Å². The van der Waals surface area contributed by atoms with Crippen LogP contribution in [-0.4, -0.2) is 60.8 Å². The molecule has 7 nitrogen and oxygen atoms in total. The minimum atomic E-state index is -1.26. The van der Waals surface area contributed by atoms with Gasteiger partial charge in [-0.05, 0) is 27.7 Å². The molecule has 1 unspecified atom stereocenters. The molecule has 0 spiro atoms. The van der Waals surface area contributed by atoms with Gasteiger partial charge in [-0.15, -0.1) is 0 Å². The van der Waals surface area contributed by atoms with Gasteiger partial charge in [0.2, 0.25) is 6.10 Å². The molecule has 0 saturated carbocycles. The van der Waals surface area contributed by atoms with Crippen LogP contribution in [0.25, 0.3) is 0 Å². The molecule has 1 aliphatic rings. The Bertz CT molecular complexity index is 387. The molecule has 1 rings (SSSR count). The third-order valence-electron chi connectivity index (χ3n) is 2.44. The second kappa shape index (κ2) is 6.69. The predicted octanol–water partition coefficient (Wildman–Crippen LogP) is 0.754. The first-order valence-electron chi connectivity index (χ1n) is 6.53. The van der Waals surface area contributed by atoms with E-state index in [0.29, 0.717) is 0 Å². The van der Waals surface area contributed by atoms with E-state index in [-0.39, 0.29) is 26.3 Å². The largest absolute Gasteiger partial charge is 0.464 e. The smallest absolute Gasteiger partial charge is 0.410 e. The van der Waals surface area contributed by atoms with E-state index in [2.05, 4.69) is 0 Å². The highest BCUT2D eigenvalue weighted by Gasteiger charge is 2.35. The lowest BCUT2D eigenvalue weighted by molar-refractivity contribution is -0.160. The number of hydrogen-bond donors (Lipinski definition) is 0. The zero-order valence-electron chi connectivity index (χ0n) is 12.3. The van der Waals surface area contributed by atoms with Crippen LogP contribution in [0.2, 0.25) is 0 Å². The van der Waals surface area contributed by atoms with E-state index >= 15 is 0 Å². The molecule has 1 amide bonds. The van der Waals surface area contributed by atoms with Crippen molar-refractivity contribution in [3.05, 3.63) is 0 Å². The molecule has 0 aliphatic carbocycles. The van der Waals surface area contributed by atoms with Crippen LogP contribution in [0.15, 0.2) is 0 Å². The maximum absolute atomic E-state index is 11.9. The van der Waals surface area contributed by atoms with E-state index in [0.717, 1.165) is 0 Å². The normalized spacial score (nSPS) is 20.3. The van der Waals surface area contributed by atoms with Gasteiger partial charge >= 0.3 is 12.1 Å². The quantitative estimate of drug-likeness (QED) is 0.550. The molecular weight excluding hydrogens is 266 g/mol. The number of carbonyl (C=O) groups is 3. The minimum absolute atomic E-state index is 0.0778. The van der Waals surface area contributed by atoms with Crippen molar-refractivity contribution in [2.45, 2.75) is 39.4 Å². The van der Waals surface area contributed by atoms with Gasteiger partial charge in [-0.1, -0.05) is 0 Å².